The fourth-order valence-electron chi connectivity index (χ4n) is 1.18. The number of aliphatic hydroxyl groups excluding tert-OH is 1. The molecule has 1 rings (SSSR count). The van der Waals surface area contributed by atoms with Gasteiger partial charge in [-0.25, -0.2) is 0 Å². The molecule has 1 aromatic carbocycles. The quantitative estimate of drug-likeness (QED) is 0.641. The Labute approximate surface area is 82.2 Å². The molecule has 0 saturated heterocycles. The van der Waals surface area contributed by atoms with E-state index in [1.54, 1.807) is 12.1 Å². The van der Waals surface area contributed by atoms with Crippen LogP contribution in [0.5, 0.6) is 5.75 Å². The van der Waals surface area contributed by atoms with Gasteiger partial charge in [-0.2, -0.15) is 5.26 Å². The Morgan fingerprint density at radius 2 is 2.14 bits per heavy atom. The summed E-state index contributed by atoms with van der Waals surface area (Å²) in [5.74, 6) is -0.150. The Hall–Kier alpha value is -1.57. The predicted octanol–water partition coefficient (Wildman–Crippen LogP) is 0.644. The van der Waals surface area contributed by atoms with Crippen LogP contribution in [0.4, 0.5) is 0 Å². The molecular formula is C10H12N2O2. The molecule has 1 unspecified atom stereocenters. The minimum Gasteiger partial charge on any atom is -0.506 e. The van der Waals surface area contributed by atoms with E-state index in [0.29, 0.717) is 5.56 Å². The van der Waals surface area contributed by atoms with Gasteiger partial charge in [0.05, 0.1) is 17.7 Å². The number of nitriles is 1. The van der Waals surface area contributed by atoms with Crippen molar-refractivity contribution in [1.29, 1.82) is 5.26 Å². The number of nitrogens with two attached hydrogens (primary N) is 1. The van der Waals surface area contributed by atoms with Gasteiger partial charge in [0.1, 0.15) is 11.8 Å². The van der Waals surface area contributed by atoms with E-state index in [0.717, 1.165) is 0 Å². The first kappa shape index (κ1) is 10.5. The van der Waals surface area contributed by atoms with Gasteiger partial charge in [-0.15, -0.1) is 0 Å². The molecular weight excluding hydrogens is 180 g/mol. The predicted molar refractivity (Wildman–Crippen MR) is 51.4 cm³/mol. The van der Waals surface area contributed by atoms with Crippen molar-refractivity contribution < 1.29 is 10.2 Å². The molecule has 4 N–H and O–H groups in total. The smallest absolute Gasteiger partial charge is 0.138 e. The van der Waals surface area contributed by atoms with Gasteiger partial charge in [0, 0.05) is 5.56 Å². The topological polar surface area (TPSA) is 90.3 Å². The van der Waals surface area contributed by atoms with Gasteiger partial charge in [0.15, 0.2) is 0 Å². The maximum absolute atomic E-state index is 9.59. The van der Waals surface area contributed by atoms with E-state index in [1.165, 1.54) is 13.0 Å². The van der Waals surface area contributed by atoms with Crippen molar-refractivity contribution in [2.45, 2.75) is 19.1 Å². The fraction of sp³-hybridized carbons (Fsp3) is 0.300. The highest BCUT2D eigenvalue weighted by Crippen LogP contribution is 2.27. The second-order valence-corrected chi connectivity index (χ2v) is 3.12. The Bertz CT molecular complexity index is 369. The molecule has 0 aliphatic rings. The molecule has 4 nitrogen and oxygen atoms in total. The highest BCUT2D eigenvalue weighted by molar-refractivity contribution is 5.48. The third-order valence-electron chi connectivity index (χ3n) is 2.07. The highest BCUT2D eigenvalue weighted by Gasteiger charge is 2.17. The molecule has 0 aliphatic heterocycles. The van der Waals surface area contributed by atoms with Gasteiger partial charge in [0.2, 0.25) is 0 Å². The van der Waals surface area contributed by atoms with Crippen LogP contribution in [-0.2, 0) is 0 Å². The number of rotatable bonds is 2. The first-order chi connectivity index (χ1) is 6.57. The number of para-hydroxylation sites is 1. The van der Waals surface area contributed by atoms with E-state index in [2.05, 4.69) is 0 Å². The van der Waals surface area contributed by atoms with Crippen LogP contribution < -0.4 is 5.73 Å². The Kier molecular flexibility index (Phi) is 3.07. The summed E-state index contributed by atoms with van der Waals surface area (Å²) in [7, 11) is 0. The summed E-state index contributed by atoms with van der Waals surface area (Å²) in [5.41, 5.74) is 6.20. The maximum Gasteiger partial charge on any atom is 0.138 e. The molecule has 1 aromatic rings. The van der Waals surface area contributed by atoms with E-state index < -0.39 is 12.1 Å². The van der Waals surface area contributed by atoms with Crippen LogP contribution in [0.15, 0.2) is 18.2 Å². The lowest BCUT2D eigenvalue weighted by Crippen LogP contribution is -2.23. The lowest BCUT2D eigenvalue weighted by atomic mass is 10.00. The molecule has 4 heteroatoms. The zero-order valence-corrected chi connectivity index (χ0v) is 7.81. The second-order valence-electron chi connectivity index (χ2n) is 3.12. The van der Waals surface area contributed by atoms with Crippen molar-refractivity contribution in [3.05, 3.63) is 29.3 Å². The largest absolute Gasteiger partial charge is 0.506 e. The van der Waals surface area contributed by atoms with E-state index in [4.69, 9.17) is 11.0 Å². The standard InChI is InChI=1S/C10H12N2O2/c1-6(13)9(12)8-4-2-3-7(5-11)10(8)14/h2-4,6,9,13-14H,12H2,1H3/t6?,9-/m0/s1. The molecule has 74 valence electrons. The normalized spacial score (nSPS) is 14.4. The summed E-state index contributed by atoms with van der Waals surface area (Å²) in [5, 5.41) is 27.5. The van der Waals surface area contributed by atoms with Crippen LogP contribution in [0.2, 0.25) is 0 Å². The average molecular weight is 192 g/mol. The minimum atomic E-state index is -0.769. The molecule has 0 bridgehead atoms. The Morgan fingerprint density at radius 3 is 2.64 bits per heavy atom. The van der Waals surface area contributed by atoms with E-state index in [9.17, 15) is 10.2 Å². The Morgan fingerprint density at radius 1 is 1.50 bits per heavy atom. The molecule has 0 spiro atoms. The third kappa shape index (κ3) is 1.84. The van der Waals surface area contributed by atoms with Gasteiger partial charge in [-0.1, -0.05) is 12.1 Å². The van der Waals surface area contributed by atoms with Crippen LogP contribution in [0.3, 0.4) is 0 Å². The van der Waals surface area contributed by atoms with Crippen LogP contribution in [0.25, 0.3) is 0 Å². The summed E-state index contributed by atoms with van der Waals surface area (Å²) in [6, 6.07) is 5.87. The number of phenolic OH excluding ortho intramolecular Hbond substituents is 1. The van der Waals surface area contributed by atoms with Crippen molar-refractivity contribution in [2.75, 3.05) is 0 Å². The first-order valence-electron chi connectivity index (χ1n) is 4.23. The summed E-state index contributed by atoms with van der Waals surface area (Å²) < 4.78 is 0. The van der Waals surface area contributed by atoms with Crippen molar-refractivity contribution in [2.24, 2.45) is 5.73 Å². The molecule has 0 fully saturated rings. The van der Waals surface area contributed by atoms with Gasteiger partial charge < -0.3 is 15.9 Å². The zero-order valence-electron chi connectivity index (χ0n) is 7.81. The zero-order chi connectivity index (χ0) is 10.7. The van der Waals surface area contributed by atoms with Crippen molar-refractivity contribution >= 4 is 0 Å². The van der Waals surface area contributed by atoms with Gasteiger partial charge in [-0.05, 0) is 13.0 Å². The van der Waals surface area contributed by atoms with Gasteiger partial charge in [0.25, 0.3) is 0 Å². The van der Waals surface area contributed by atoms with Crippen LogP contribution in [0.1, 0.15) is 24.1 Å². The minimum absolute atomic E-state index is 0.150. The van der Waals surface area contributed by atoms with Crippen LogP contribution >= 0.6 is 0 Å². The lowest BCUT2D eigenvalue weighted by molar-refractivity contribution is 0.163. The fourth-order valence-corrected chi connectivity index (χ4v) is 1.18. The van der Waals surface area contributed by atoms with Crippen molar-refractivity contribution in [1.82, 2.24) is 0 Å². The average Bonchev–Trinajstić information content (AvgIpc) is 2.17. The SMILES string of the molecule is CC(O)[C@H](N)c1cccc(C#N)c1O. The van der Waals surface area contributed by atoms with Crippen LogP contribution in [0, 0.1) is 11.3 Å². The van der Waals surface area contributed by atoms with Crippen LogP contribution in [-0.4, -0.2) is 16.3 Å². The number of benzene rings is 1. The monoisotopic (exact) mass is 192 g/mol. The molecule has 2 atom stereocenters. The molecule has 0 radical (unpaired) electrons. The van der Waals surface area contributed by atoms with Gasteiger partial charge >= 0.3 is 0 Å². The summed E-state index contributed by atoms with van der Waals surface area (Å²) in [4.78, 5) is 0. The number of nitrogens with zero attached hydrogens (tertiary/aromatic N) is 1. The lowest BCUT2D eigenvalue weighted by Gasteiger charge is -2.16. The number of aromatic hydroxyl groups is 1. The third-order valence-corrected chi connectivity index (χ3v) is 2.07. The van der Waals surface area contributed by atoms with Crippen molar-refractivity contribution in [3.8, 4) is 11.8 Å². The summed E-state index contributed by atoms with van der Waals surface area (Å²) in [6.45, 7) is 1.53. The molecule has 0 amide bonds. The number of hydrogen-bond donors (Lipinski definition) is 3. The number of phenols is 1. The van der Waals surface area contributed by atoms with Crippen molar-refractivity contribution in [3.63, 3.8) is 0 Å². The molecule has 0 heterocycles. The summed E-state index contributed by atoms with van der Waals surface area (Å²) >= 11 is 0. The number of aliphatic hydroxyl groups is 1. The maximum atomic E-state index is 9.59. The Balaban J connectivity index is 3.17. The van der Waals surface area contributed by atoms with E-state index in [1.807, 2.05) is 6.07 Å². The molecule has 14 heavy (non-hydrogen) atoms. The molecule has 0 aliphatic carbocycles. The highest BCUT2D eigenvalue weighted by atomic mass is 16.3. The van der Waals surface area contributed by atoms with Gasteiger partial charge in [-0.3, -0.25) is 0 Å². The van der Waals surface area contributed by atoms with E-state index >= 15 is 0 Å². The summed E-state index contributed by atoms with van der Waals surface area (Å²) in [6.07, 6.45) is -0.769. The second kappa shape index (κ2) is 4.09. The molecule has 0 aromatic heterocycles. The van der Waals surface area contributed by atoms with E-state index in [-0.39, 0.29) is 11.3 Å². The first-order valence-corrected chi connectivity index (χ1v) is 4.23. The number of hydrogen-bond acceptors (Lipinski definition) is 4. The molecule has 0 saturated carbocycles.